The molecule has 1 aromatic carbocycles. The van der Waals surface area contributed by atoms with E-state index in [-0.39, 0.29) is 18.4 Å². The number of nitrogens with one attached hydrogen (secondary N) is 1. The first-order valence-corrected chi connectivity index (χ1v) is 11.6. The molecule has 1 saturated heterocycles. The van der Waals surface area contributed by atoms with Crippen LogP contribution in [0, 0.1) is 0 Å². The molecule has 0 saturated carbocycles. The van der Waals surface area contributed by atoms with Gasteiger partial charge in [-0.1, -0.05) is 30.3 Å². The summed E-state index contributed by atoms with van der Waals surface area (Å²) in [6, 6.07) is 13.7. The van der Waals surface area contributed by atoms with Crippen molar-refractivity contribution >= 4 is 27.3 Å². The lowest BCUT2D eigenvalue weighted by atomic mass is 10.1. The van der Waals surface area contributed by atoms with E-state index >= 15 is 0 Å². The number of amides is 1. The Morgan fingerprint density at radius 2 is 1.85 bits per heavy atom. The van der Waals surface area contributed by atoms with Gasteiger partial charge >= 0.3 is 0 Å². The Labute approximate surface area is 165 Å². The van der Waals surface area contributed by atoms with Crippen LogP contribution in [0.5, 0.6) is 0 Å². The molecule has 1 amide bonds. The van der Waals surface area contributed by atoms with Gasteiger partial charge in [0.15, 0.2) is 0 Å². The maximum absolute atomic E-state index is 12.6. The van der Waals surface area contributed by atoms with Crippen molar-refractivity contribution in [2.75, 3.05) is 13.1 Å². The van der Waals surface area contributed by atoms with Crippen LogP contribution in [-0.4, -0.2) is 37.8 Å². The molecule has 1 aliphatic heterocycles. The number of carbonyl (C=O) groups is 1. The van der Waals surface area contributed by atoms with Crippen LogP contribution in [0.15, 0.2) is 46.7 Å². The summed E-state index contributed by atoms with van der Waals surface area (Å²) >= 11 is 1.20. The summed E-state index contributed by atoms with van der Waals surface area (Å²) < 4.78 is 27.0. The first kappa shape index (κ1) is 20.0. The standard InChI is InChI=1S/C20H26N2O3S2/c1-16(9-10-17-7-3-2-4-8-17)21-19(23)15-18-11-12-20(26-18)27(24,25)22-13-5-6-14-22/h2-4,7-8,11-12,16H,5-6,9-10,13-15H2,1H3,(H,21,23)/t16-/m1/s1. The summed E-state index contributed by atoms with van der Waals surface area (Å²) in [4.78, 5) is 13.1. The number of rotatable bonds is 8. The van der Waals surface area contributed by atoms with Crippen molar-refractivity contribution in [3.63, 3.8) is 0 Å². The third-order valence-corrected chi connectivity index (χ3v) is 8.20. The fraction of sp³-hybridized carbons (Fsp3) is 0.450. The lowest BCUT2D eigenvalue weighted by Crippen LogP contribution is -2.33. The Hall–Kier alpha value is -1.70. The van der Waals surface area contributed by atoms with E-state index < -0.39 is 10.0 Å². The molecule has 27 heavy (non-hydrogen) atoms. The molecule has 0 bridgehead atoms. The largest absolute Gasteiger partial charge is 0.353 e. The molecule has 0 radical (unpaired) electrons. The minimum atomic E-state index is -3.40. The van der Waals surface area contributed by atoms with E-state index in [2.05, 4.69) is 17.4 Å². The summed E-state index contributed by atoms with van der Waals surface area (Å²) in [6.07, 6.45) is 3.84. The summed E-state index contributed by atoms with van der Waals surface area (Å²) in [5.74, 6) is -0.0671. The van der Waals surface area contributed by atoms with Gasteiger partial charge in [-0.25, -0.2) is 8.42 Å². The van der Waals surface area contributed by atoms with Crippen LogP contribution in [0.1, 0.15) is 36.6 Å². The third kappa shape index (κ3) is 5.40. The summed E-state index contributed by atoms with van der Waals surface area (Å²) in [5.41, 5.74) is 1.26. The van der Waals surface area contributed by atoms with E-state index in [1.165, 1.54) is 21.2 Å². The summed E-state index contributed by atoms with van der Waals surface area (Å²) in [6.45, 7) is 3.18. The molecule has 7 heteroatoms. The van der Waals surface area contributed by atoms with Gasteiger partial charge in [-0.3, -0.25) is 4.79 Å². The molecule has 1 fully saturated rings. The SMILES string of the molecule is C[C@H](CCc1ccccc1)NC(=O)Cc1ccc(S(=O)(=O)N2CCCC2)s1. The Bertz CT molecular complexity index is 856. The molecular weight excluding hydrogens is 380 g/mol. The molecule has 1 N–H and O–H groups in total. The number of benzene rings is 1. The van der Waals surface area contributed by atoms with Crippen molar-refractivity contribution in [3.8, 4) is 0 Å². The Morgan fingerprint density at radius 3 is 2.56 bits per heavy atom. The van der Waals surface area contributed by atoms with Gasteiger partial charge in [0.1, 0.15) is 4.21 Å². The average molecular weight is 407 g/mol. The van der Waals surface area contributed by atoms with E-state index in [1.54, 1.807) is 12.1 Å². The van der Waals surface area contributed by atoms with Crippen LogP contribution in [-0.2, 0) is 27.7 Å². The maximum Gasteiger partial charge on any atom is 0.252 e. The van der Waals surface area contributed by atoms with Gasteiger partial charge in [-0.15, -0.1) is 11.3 Å². The van der Waals surface area contributed by atoms with E-state index in [0.29, 0.717) is 17.3 Å². The van der Waals surface area contributed by atoms with Gasteiger partial charge in [0.2, 0.25) is 5.91 Å². The second kappa shape index (κ2) is 8.99. The topological polar surface area (TPSA) is 66.5 Å². The molecule has 3 rings (SSSR count). The summed E-state index contributed by atoms with van der Waals surface area (Å²) in [5, 5.41) is 3.01. The first-order valence-electron chi connectivity index (χ1n) is 9.37. The second-order valence-electron chi connectivity index (χ2n) is 7.00. The number of aryl methyl sites for hydroxylation is 1. The van der Waals surface area contributed by atoms with Crippen molar-refractivity contribution in [1.82, 2.24) is 9.62 Å². The monoisotopic (exact) mass is 406 g/mol. The minimum Gasteiger partial charge on any atom is -0.353 e. The van der Waals surface area contributed by atoms with Crippen molar-refractivity contribution in [2.24, 2.45) is 0 Å². The Kier molecular flexibility index (Phi) is 6.68. The molecule has 2 heterocycles. The lowest BCUT2D eigenvalue weighted by molar-refractivity contribution is -0.121. The van der Waals surface area contributed by atoms with Crippen LogP contribution in [0.4, 0.5) is 0 Å². The quantitative estimate of drug-likeness (QED) is 0.732. The highest BCUT2D eigenvalue weighted by atomic mass is 32.2. The molecule has 5 nitrogen and oxygen atoms in total. The van der Waals surface area contributed by atoms with Crippen molar-refractivity contribution in [1.29, 1.82) is 0 Å². The number of sulfonamides is 1. The maximum atomic E-state index is 12.6. The predicted octanol–water partition coefficient (Wildman–Crippen LogP) is 3.21. The van der Waals surface area contributed by atoms with E-state index in [9.17, 15) is 13.2 Å². The normalized spacial score (nSPS) is 16.3. The van der Waals surface area contributed by atoms with Crippen molar-refractivity contribution in [3.05, 3.63) is 52.9 Å². The first-order chi connectivity index (χ1) is 12.9. The highest BCUT2D eigenvalue weighted by Crippen LogP contribution is 2.27. The van der Waals surface area contributed by atoms with Gasteiger partial charge in [0.05, 0.1) is 6.42 Å². The lowest BCUT2D eigenvalue weighted by Gasteiger charge is -2.14. The predicted molar refractivity (Wildman–Crippen MR) is 108 cm³/mol. The van der Waals surface area contributed by atoms with Crippen LogP contribution in [0.25, 0.3) is 0 Å². The minimum absolute atomic E-state index is 0.0671. The zero-order valence-electron chi connectivity index (χ0n) is 15.6. The van der Waals surface area contributed by atoms with Gasteiger partial charge in [0.25, 0.3) is 10.0 Å². The van der Waals surface area contributed by atoms with Gasteiger partial charge in [0, 0.05) is 24.0 Å². The molecule has 146 valence electrons. The zero-order chi connectivity index (χ0) is 19.3. The van der Waals surface area contributed by atoms with Crippen molar-refractivity contribution < 1.29 is 13.2 Å². The molecule has 1 atom stereocenters. The van der Waals surface area contributed by atoms with Gasteiger partial charge in [-0.2, -0.15) is 4.31 Å². The smallest absolute Gasteiger partial charge is 0.252 e. The van der Waals surface area contributed by atoms with Crippen LogP contribution >= 0.6 is 11.3 Å². The van der Waals surface area contributed by atoms with Crippen molar-refractivity contribution in [2.45, 2.75) is 49.3 Å². The van der Waals surface area contributed by atoms with E-state index in [4.69, 9.17) is 0 Å². The zero-order valence-corrected chi connectivity index (χ0v) is 17.2. The number of carbonyl (C=O) groups excluding carboxylic acids is 1. The molecule has 1 aliphatic rings. The number of hydrogen-bond donors (Lipinski definition) is 1. The fourth-order valence-electron chi connectivity index (χ4n) is 3.23. The van der Waals surface area contributed by atoms with Gasteiger partial charge in [-0.05, 0) is 50.3 Å². The van der Waals surface area contributed by atoms with Crippen LogP contribution < -0.4 is 5.32 Å². The highest BCUT2D eigenvalue weighted by molar-refractivity contribution is 7.91. The third-order valence-electron chi connectivity index (χ3n) is 4.75. The number of thiophene rings is 1. The molecule has 0 unspecified atom stereocenters. The average Bonchev–Trinajstić information content (AvgIpc) is 3.33. The van der Waals surface area contributed by atoms with Crippen LogP contribution in [0.2, 0.25) is 0 Å². The van der Waals surface area contributed by atoms with Gasteiger partial charge < -0.3 is 5.32 Å². The van der Waals surface area contributed by atoms with E-state index in [1.807, 2.05) is 25.1 Å². The Morgan fingerprint density at radius 1 is 1.15 bits per heavy atom. The molecule has 1 aromatic heterocycles. The summed E-state index contributed by atoms with van der Waals surface area (Å²) in [7, 11) is -3.40. The molecule has 0 spiro atoms. The molecular formula is C20H26N2O3S2. The van der Waals surface area contributed by atoms with E-state index in [0.717, 1.165) is 30.6 Å². The fourth-order valence-corrected chi connectivity index (χ4v) is 6.26. The number of hydrogen-bond acceptors (Lipinski definition) is 4. The van der Waals surface area contributed by atoms with Crippen LogP contribution in [0.3, 0.4) is 0 Å². The Balaban J connectivity index is 1.50. The highest BCUT2D eigenvalue weighted by Gasteiger charge is 2.28. The number of nitrogens with zero attached hydrogens (tertiary/aromatic N) is 1. The molecule has 0 aliphatic carbocycles. The molecule has 2 aromatic rings. The second-order valence-corrected chi connectivity index (χ2v) is 10.3.